The van der Waals surface area contributed by atoms with E-state index in [2.05, 4.69) is 24.4 Å². The molecule has 0 saturated heterocycles. The highest BCUT2D eigenvalue weighted by molar-refractivity contribution is 5.94. The molecule has 0 spiro atoms. The van der Waals surface area contributed by atoms with E-state index in [9.17, 15) is 4.79 Å². The zero-order valence-corrected chi connectivity index (χ0v) is 10.5. The zero-order valence-electron chi connectivity index (χ0n) is 10.5. The first-order valence-electron chi connectivity index (χ1n) is 6.15. The maximum Gasteiger partial charge on any atom is 0.251 e. The van der Waals surface area contributed by atoms with Gasteiger partial charge in [0.15, 0.2) is 0 Å². The number of nitrogens with one attached hydrogen (secondary N) is 1. The largest absolute Gasteiger partial charge is 0.352 e. The lowest BCUT2D eigenvalue weighted by Crippen LogP contribution is -2.25. The summed E-state index contributed by atoms with van der Waals surface area (Å²) in [7, 11) is 0. The Kier molecular flexibility index (Phi) is 4.13. The number of aryl methyl sites for hydroxylation is 1. The molecule has 0 aliphatic carbocycles. The summed E-state index contributed by atoms with van der Waals surface area (Å²) in [4.78, 5) is 11.8. The number of rotatable bonds is 4. The lowest BCUT2D eigenvalue weighted by atomic mass is 10.1. The van der Waals surface area contributed by atoms with Crippen LogP contribution in [0.4, 0.5) is 0 Å². The molecule has 2 aromatic carbocycles. The topological polar surface area (TPSA) is 29.1 Å². The van der Waals surface area contributed by atoms with Gasteiger partial charge in [-0.2, -0.15) is 0 Å². The third kappa shape index (κ3) is 3.20. The van der Waals surface area contributed by atoms with Gasteiger partial charge in [-0.25, -0.2) is 0 Å². The van der Waals surface area contributed by atoms with Gasteiger partial charge in [-0.1, -0.05) is 42.5 Å². The van der Waals surface area contributed by atoms with Crippen LogP contribution >= 0.6 is 0 Å². The van der Waals surface area contributed by atoms with Crippen LogP contribution in [0.5, 0.6) is 0 Å². The second-order valence-electron chi connectivity index (χ2n) is 4.30. The molecule has 18 heavy (non-hydrogen) atoms. The molecular formula is C16H17NO. The molecule has 92 valence electrons. The van der Waals surface area contributed by atoms with Gasteiger partial charge in [-0.3, -0.25) is 4.79 Å². The fraction of sp³-hybridized carbons (Fsp3) is 0.188. The van der Waals surface area contributed by atoms with Crippen molar-refractivity contribution in [1.29, 1.82) is 0 Å². The molecule has 2 nitrogen and oxygen atoms in total. The number of hydrogen-bond acceptors (Lipinski definition) is 1. The summed E-state index contributed by atoms with van der Waals surface area (Å²) in [5, 5.41) is 2.94. The van der Waals surface area contributed by atoms with Crippen LogP contribution in [-0.4, -0.2) is 12.5 Å². The lowest BCUT2D eigenvalue weighted by Gasteiger charge is -2.07. The number of hydrogen-bond donors (Lipinski definition) is 1. The van der Waals surface area contributed by atoms with Crippen molar-refractivity contribution in [2.45, 2.75) is 13.3 Å². The number of carbonyl (C=O) groups excluding carboxylic acids is 1. The van der Waals surface area contributed by atoms with Crippen molar-refractivity contribution in [2.24, 2.45) is 0 Å². The highest BCUT2D eigenvalue weighted by atomic mass is 16.1. The van der Waals surface area contributed by atoms with Gasteiger partial charge in [0, 0.05) is 12.1 Å². The Balaban J connectivity index is 1.86. The van der Waals surface area contributed by atoms with E-state index < -0.39 is 0 Å². The standard InChI is InChI=1S/C16H17NO/c1-13-7-5-6-8-14(13)11-12-17-16(18)15-9-3-2-4-10-15/h2-10H,11-12H2,1H3,(H,17,18). The van der Waals surface area contributed by atoms with E-state index in [-0.39, 0.29) is 5.91 Å². The van der Waals surface area contributed by atoms with Gasteiger partial charge in [0.2, 0.25) is 0 Å². The molecule has 0 aliphatic rings. The van der Waals surface area contributed by atoms with Gasteiger partial charge in [-0.05, 0) is 36.6 Å². The zero-order chi connectivity index (χ0) is 12.8. The number of carbonyl (C=O) groups is 1. The third-order valence-corrected chi connectivity index (χ3v) is 2.98. The summed E-state index contributed by atoms with van der Waals surface area (Å²) in [6.45, 7) is 2.76. The minimum absolute atomic E-state index is 0.0100. The molecule has 0 radical (unpaired) electrons. The SMILES string of the molecule is Cc1ccccc1CCNC(=O)c1ccccc1. The van der Waals surface area contributed by atoms with Crippen molar-refractivity contribution in [3.63, 3.8) is 0 Å². The van der Waals surface area contributed by atoms with E-state index in [0.29, 0.717) is 12.1 Å². The molecule has 0 aromatic heterocycles. The minimum atomic E-state index is -0.0100. The Morgan fingerprint density at radius 1 is 1.00 bits per heavy atom. The third-order valence-electron chi connectivity index (χ3n) is 2.98. The molecule has 0 bridgehead atoms. The Bertz CT molecular complexity index is 520. The van der Waals surface area contributed by atoms with E-state index in [1.165, 1.54) is 11.1 Å². The van der Waals surface area contributed by atoms with Crippen molar-refractivity contribution in [3.05, 3.63) is 71.3 Å². The van der Waals surface area contributed by atoms with E-state index in [1.807, 2.05) is 42.5 Å². The Hall–Kier alpha value is -2.09. The predicted octanol–water partition coefficient (Wildman–Crippen LogP) is 2.97. The molecule has 2 aromatic rings. The number of benzene rings is 2. The molecule has 2 rings (SSSR count). The first-order valence-corrected chi connectivity index (χ1v) is 6.15. The van der Waals surface area contributed by atoms with Crippen LogP contribution in [0.1, 0.15) is 21.5 Å². The molecule has 0 aliphatic heterocycles. The van der Waals surface area contributed by atoms with Crippen LogP contribution in [-0.2, 0) is 6.42 Å². The molecule has 0 saturated carbocycles. The molecule has 0 heterocycles. The molecule has 2 heteroatoms. The van der Waals surface area contributed by atoms with E-state index in [0.717, 1.165) is 6.42 Å². The molecule has 1 N–H and O–H groups in total. The monoisotopic (exact) mass is 239 g/mol. The Labute approximate surface area is 108 Å². The summed E-state index contributed by atoms with van der Waals surface area (Å²) in [5.41, 5.74) is 3.26. The van der Waals surface area contributed by atoms with Gasteiger partial charge < -0.3 is 5.32 Å². The smallest absolute Gasteiger partial charge is 0.251 e. The second kappa shape index (κ2) is 6.01. The first-order chi connectivity index (χ1) is 8.77. The lowest BCUT2D eigenvalue weighted by molar-refractivity contribution is 0.0954. The second-order valence-corrected chi connectivity index (χ2v) is 4.30. The van der Waals surface area contributed by atoms with E-state index in [4.69, 9.17) is 0 Å². The van der Waals surface area contributed by atoms with Gasteiger partial charge >= 0.3 is 0 Å². The Morgan fingerprint density at radius 3 is 2.39 bits per heavy atom. The average molecular weight is 239 g/mol. The maximum absolute atomic E-state index is 11.8. The average Bonchev–Trinajstić information content (AvgIpc) is 2.42. The van der Waals surface area contributed by atoms with Crippen LogP contribution in [0.3, 0.4) is 0 Å². The Morgan fingerprint density at radius 2 is 1.67 bits per heavy atom. The predicted molar refractivity (Wildman–Crippen MR) is 73.7 cm³/mol. The van der Waals surface area contributed by atoms with Crippen LogP contribution in [0.15, 0.2) is 54.6 Å². The van der Waals surface area contributed by atoms with Crippen molar-refractivity contribution in [1.82, 2.24) is 5.32 Å². The number of amides is 1. The van der Waals surface area contributed by atoms with Crippen molar-refractivity contribution in [3.8, 4) is 0 Å². The highest BCUT2D eigenvalue weighted by Crippen LogP contribution is 2.07. The van der Waals surface area contributed by atoms with Crippen molar-refractivity contribution >= 4 is 5.91 Å². The summed E-state index contributed by atoms with van der Waals surface area (Å²) < 4.78 is 0. The summed E-state index contributed by atoms with van der Waals surface area (Å²) >= 11 is 0. The molecular weight excluding hydrogens is 222 g/mol. The van der Waals surface area contributed by atoms with Gasteiger partial charge in [0.05, 0.1) is 0 Å². The van der Waals surface area contributed by atoms with E-state index >= 15 is 0 Å². The quantitative estimate of drug-likeness (QED) is 0.873. The summed E-state index contributed by atoms with van der Waals surface area (Å²) in [5.74, 6) is -0.0100. The molecule has 0 fully saturated rings. The summed E-state index contributed by atoms with van der Waals surface area (Å²) in [6, 6.07) is 17.5. The van der Waals surface area contributed by atoms with Crippen molar-refractivity contribution in [2.75, 3.05) is 6.54 Å². The maximum atomic E-state index is 11.8. The van der Waals surface area contributed by atoms with Gasteiger partial charge in [0.25, 0.3) is 5.91 Å². The van der Waals surface area contributed by atoms with Crippen LogP contribution in [0.25, 0.3) is 0 Å². The first kappa shape index (κ1) is 12.4. The van der Waals surface area contributed by atoms with Crippen LogP contribution in [0, 0.1) is 6.92 Å². The molecule has 0 atom stereocenters. The molecule has 1 amide bonds. The van der Waals surface area contributed by atoms with Crippen LogP contribution < -0.4 is 5.32 Å². The van der Waals surface area contributed by atoms with Gasteiger partial charge in [0.1, 0.15) is 0 Å². The van der Waals surface area contributed by atoms with Crippen molar-refractivity contribution < 1.29 is 4.79 Å². The minimum Gasteiger partial charge on any atom is -0.352 e. The van der Waals surface area contributed by atoms with Gasteiger partial charge in [-0.15, -0.1) is 0 Å². The van der Waals surface area contributed by atoms with Crippen LogP contribution in [0.2, 0.25) is 0 Å². The fourth-order valence-electron chi connectivity index (χ4n) is 1.89. The summed E-state index contributed by atoms with van der Waals surface area (Å²) in [6.07, 6.45) is 0.866. The molecule has 0 unspecified atom stereocenters. The normalized spacial score (nSPS) is 10.1. The highest BCUT2D eigenvalue weighted by Gasteiger charge is 2.03. The fourth-order valence-corrected chi connectivity index (χ4v) is 1.89. The van der Waals surface area contributed by atoms with E-state index in [1.54, 1.807) is 0 Å².